The van der Waals surface area contributed by atoms with Crippen LogP contribution in [0, 0.1) is 6.92 Å². The molecular weight excluding hydrogens is 407 g/mol. The molecule has 1 saturated heterocycles. The van der Waals surface area contributed by atoms with Gasteiger partial charge in [0, 0.05) is 24.7 Å². The van der Waals surface area contributed by atoms with Crippen molar-refractivity contribution in [1.29, 1.82) is 0 Å². The van der Waals surface area contributed by atoms with Crippen molar-refractivity contribution in [2.45, 2.75) is 38.1 Å². The molecule has 2 heterocycles. The zero-order chi connectivity index (χ0) is 22.0. The minimum absolute atomic E-state index is 0.0750. The van der Waals surface area contributed by atoms with Gasteiger partial charge in [0.05, 0.1) is 11.6 Å². The number of nitrogens with one attached hydrogen (secondary N) is 2. The molecule has 1 amide bonds. The summed E-state index contributed by atoms with van der Waals surface area (Å²) in [5.41, 5.74) is 0.0626. The number of amides is 1. The summed E-state index contributed by atoms with van der Waals surface area (Å²) in [6.45, 7) is 2.23. The van der Waals surface area contributed by atoms with Crippen molar-refractivity contribution in [3.8, 4) is 0 Å². The van der Waals surface area contributed by atoms with Gasteiger partial charge >= 0.3 is 6.18 Å². The average molecular weight is 429 g/mol. The highest BCUT2D eigenvalue weighted by Gasteiger charge is 2.39. The van der Waals surface area contributed by atoms with E-state index in [0.717, 1.165) is 6.07 Å². The second kappa shape index (κ2) is 8.50. The van der Waals surface area contributed by atoms with E-state index in [-0.39, 0.29) is 30.1 Å². The summed E-state index contributed by atoms with van der Waals surface area (Å²) in [7, 11) is 0. The van der Waals surface area contributed by atoms with E-state index in [1.807, 2.05) is 11.0 Å². The van der Waals surface area contributed by atoms with E-state index in [1.165, 1.54) is 12.1 Å². The molecule has 1 fully saturated rings. The van der Waals surface area contributed by atoms with Crippen molar-refractivity contribution in [1.82, 2.24) is 25.4 Å². The van der Waals surface area contributed by atoms with Crippen LogP contribution in [-0.2, 0) is 12.7 Å². The van der Waals surface area contributed by atoms with Gasteiger partial charge in [0.1, 0.15) is 5.82 Å². The number of rotatable bonds is 5. The zero-order valence-electron chi connectivity index (χ0n) is 16.9. The number of carbonyl (C=O) groups excluding carboxylic acids is 1. The maximum Gasteiger partial charge on any atom is 0.416 e. The lowest BCUT2D eigenvalue weighted by molar-refractivity contribution is -0.138. The summed E-state index contributed by atoms with van der Waals surface area (Å²) < 4.78 is 40.4. The molecule has 1 aliphatic heterocycles. The first kappa shape index (κ1) is 21.0. The number of benzene rings is 2. The van der Waals surface area contributed by atoms with E-state index >= 15 is 0 Å². The Morgan fingerprint density at radius 3 is 2.55 bits per heavy atom. The molecule has 0 saturated carbocycles. The number of likely N-dealkylation sites (tertiary alicyclic amines) is 1. The van der Waals surface area contributed by atoms with Crippen molar-refractivity contribution in [3.63, 3.8) is 0 Å². The number of aromatic nitrogens is 3. The molecule has 9 heteroatoms. The average Bonchev–Trinajstić information content (AvgIpc) is 3.34. The van der Waals surface area contributed by atoms with Crippen LogP contribution in [0.3, 0.4) is 0 Å². The molecule has 1 aromatic heterocycles. The van der Waals surface area contributed by atoms with Gasteiger partial charge in [-0.3, -0.25) is 14.8 Å². The Kier molecular flexibility index (Phi) is 5.77. The van der Waals surface area contributed by atoms with E-state index < -0.39 is 11.7 Å². The molecule has 2 N–H and O–H groups in total. The van der Waals surface area contributed by atoms with E-state index in [1.54, 1.807) is 37.3 Å². The monoisotopic (exact) mass is 429 g/mol. The quantitative estimate of drug-likeness (QED) is 0.646. The number of hydrogen-bond acceptors (Lipinski definition) is 4. The molecule has 4 rings (SSSR count). The van der Waals surface area contributed by atoms with Crippen LogP contribution in [0.4, 0.5) is 13.2 Å². The molecular formula is C22H22F3N5O. The molecule has 2 atom stereocenters. The lowest BCUT2D eigenvalue weighted by atomic mass is 10.1. The van der Waals surface area contributed by atoms with Gasteiger partial charge in [-0.2, -0.15) is 18.3 Å². The van der Waals surface area contributed by atoms with E-state index in [4.69, 9.17) is 0 Å². The maximum atomic E-state index is 13.5. The van der Waals surface area contributed by atoms with Crippen molar-refractivity contribution in [2.24, 2.45) is 0 Å². The topological polar surface area (TPSA) is 73.9 Å². The summed E-state index contributed by atoms with van der Waals surface area (Å²) in [6, 6.07) is 13.8. The minimum Gasteiger partial charge on any atom is -0.348 e. The Morgan fingerprint density at radius 1 is 1.16 bits per heavy atom. The molecule has 3 aromatic rings. The Labute approximate surface area is 177 Å². The van der Waals surface area contributed by atoms with Crippen LogP contribution in [-0.4, -0.2) is 38.6 Å². The van der Waals surface area contributed by atoms with E-state index in [2.05, 4.69) is 20.5 Å². The summed E-state index contributed by atoms with van der Waals surface area (Å²) in [5.74, 6) is 0.925. The smallest absolute Gasteiger partial charge is 0.348 e. The molecule has 0 spiro atoms. The maximum absolute atomic E-state index is 13.5. The van der Waals surface area contributed by atoms with Gasteiger partial charge in [-0.05, 0) is 37.1 Å². The number of aromatic amines is 1. The Morgan fingerprint density at radius 2 is 1.87 bits per heavy atom. The van der Waals surface area contributed by atoms with Crippen LogP contribution < -0.4 is 5.32 Å². The first-order valence-corrected chi connectivity index (χ1v) is 9.95. The van der Waals surface area contributed by atoms with Gasteiger partial charge in [-0.25, -0.2) is 4.98 Å². The van der Waals surface area contributed by atoms with Crippen LogP contribution in [0.2, 0.25) is 0 Å². The van der Waals surface area contributed by atoms with Gasteiger partial charge in [-0.15, -0.1) is 0 Å². The first-order chi connectivity index (χ1) is 14.8. The van der Waals surface area contributed by atoms with Crippen molar-refractivity contribution >= 4 is 5.91 Å². The lowest BCUT2D eigenvalue weighted by Crippen LogP contribution is -2.37. The number of alkyl halides is 3. The fourth-order valence-electron chi connectivity index (χ4n) is 3.97. The third kappa shape index (κ3) is 4.77. The van der Waals surface area contributed by atoms with E-state index in [0.29, 0.717) is 30.2 Å². The van der Waals surface area contributed by atoms with Crippen molar-refractivity contribution in [3.05, 3.63) is 82.9 Å². The summed E-state index contributed by atoms with van der Waals surface area (Å²) in [5, 5.41) is 10.0. The fraction of sp³-hybridized carbons (Fsp3) is 0.318. The van der Waals surface area contributed by atoms with Gasteiger partial charge in [0.15, 0.2) is 5.82 Å². The summed E-state index contributed by atoms with van der Waals surface area (Å²) in [6.07, 6.45) is -3.93. The number of nitrogens with zero attached hydrogens (tertiary/aromatic N) is 3. The predicted octanol–water partition coefficient (Wildman–Crippen LogP) is 3.88. The molecule has 6 nitrogen and oxygen atoms in total. The number of carbonyl (C=O) groups is 1. The van der Waals surface area contributed by atoms with E-state index in [9.17, 15) is 18.0 Å². The molecule has 0 bridgehead atoms. The van der Waals surface area contributed by atoms with Crippen LogP contribution in [0.5, 0.6) is 0 Å². The predicted molar refractivity (Wildman–Crippen MR) is 108 cm³/mol. The van der Waals surface area contributed by atoms with Crippen molar-refractivity contribution < 1.29 is 18.0 Å². The molecule has 1 aliphatic rings. The standard InChI is InChI=1S/C22H22F3N5O/c1-14-26-20(29-28-14)19-11-17(27-21(31)15-7-3-2-4-8-15)13-30(19)12-16-9-5-6-10-18(16)22(23,24)25/h2-10,17,19H,11-13H2,1H3,(H,27,31)(H,26,28,29)/t17-,19-/m0/s1. The lowest BCUT2D eigenvalue weighted by Gasteiger charge is -2.24. The zero-order valence-corrected chi connectivity index (χ0v) is 16.9. The molecule has 0 unspecified atom stereocenters. The van der Waals surface area contributed by atoms with Crippen LogP contribution in [0.1, 0.15) is 45.6 Å². The van der Waals surface area contributed by atoms with Crippen molar-refractivity contribution in [2.75, 3.05) is 6.54 Å². The Bertz CT molecular complexity index is 1050. The Hall–Kier alpha value is -3.20. The fourth-order valence-corrected chi connectivity index (χ4v) is 3.97. The molecule has 0 radical (unpaired) electrons. The summed E-state index contributed by atoms with van der Waals surface area (Å²) in [4.78, 5) is 18.9. The minimum atomic E-state index is -4.44. The second-order valence-electron chi connectivity index (χ2n) is 7.65. The summed E-state index contributed by atoms with van der Waals surface area (Å²) >= 11 is 0. The van der Waals surface area contributed by atoms with Gasteiger partial charge in [-0.1, -0.05) is 36.4 Å². The highest BCUT2D eigenvalue weighted by Crippen LogP contribution is 2.36. The third-order valence-electron chi connectivity index (χ3n) is 5.38. The molecule has 0 aliphatic carbocycles. The molecule has 2 aromatic carbocycles. The normalized spacial score (nSPS) is 19.5. The SMILES string of the molecule is Cc1nc([C@@H]2C[C@H](NC(=O)c3ccccc3)CN2Cc2ccccc2C(F)(F)F)n[nH]1. The highest BCUT2D eigenvalue weighted by molar-refractivity contribution is 5.94. The molecule has 31 heavy (non-hydrogen) atoms. The third-order valence-corrected chi connectivity index (χ3v) is 5.38. The van der Waals surface area contributed by atoms with Gasteiger partial charge < -0.3 is 5.32 Å². The first-order valence-electron chi connectivity index (χ1n) is 9.95. The van der Waals surface area contributed by atoms with Gasteiger partial charge in [0.2, 0.25) is 0 Å². The van der Waals surface area contributed by atoms with Crippen LogP contribution in [0.25, 0.3) is 0 Å². The Balaban J connectivity index is 1.57. The van der Waals surface area contributed by atoms with Crippen LogP contribution >= 0.6 is 0 Å². The largest absolute Gasteiger partial charge is 0.416 e. The van der Waals surface area contributed by atoms with Gasteiger partial charge in [0.25, 0.3) is 5.91 Å². The van der Waals surface area contributed by atoms with Crippen LogP contribution in [0.15, 0.2) is 54.6 Å². The number of H-pyrrole nitrogens is 1. The molecule has 162 valence electrons. The second-order valence-corrected chi connectivity index (χ2v) is 7.65. The number of halogens is 3. The highest BCUT2D eigenvalue weighted by atomic mass is 19.4. The number of hydrogen-bond donors (Lipinski definition) is 2. The number of aryl methyl sites for hydroxylation is 1.